The van der Waals surface area contributed by atoms with E-state index in [1.54, 1.807) is 45.0 Å². The number of alkyl halides is 3. The zero-order valence-electron chi connectivity index (χ0n) is 17.1. The highest BCUT2D eigenvalue weighted by Gasteiger charge is 2.48. The predicted octanol–water partition coefficient (Wildman–Crippen LogP) is 4.87. The maximum absolute atomic E-state index is 12.5. The molecule has 3 aromatic rings. The molecule has 0 bridgehead atoms. The summed E-state index contributed by atoms with van der Waals surface area (Å²) in [5.74, 6) is -0.253. The van der Waals surface area contributed by atoms with Crippen LogP contribution in [0, 0.1) is 0 Å². The van der Waals surface area contributed by atoms with Gasteiger partial charge in [0.05, 0.1) is 11.2 Å². The molecule has 1 amide bonds. The number of nitrogens with zero attached hydrogens (tertiary/aromatic N) is 2. The lowest BCUT2D eigenvalue weighted by molar-refractivity contribution is -0.0500. The summed E-state index contributed by atoms with van der Waals surface area (Å²) in [7, 11) is -5.77. The van der Waals surface area contributed by atoms with Crippen molar-refractivity contribution in [2.24, 2.45) is 0 Å². The van der Waals surface area contributed by atoms with Crippen LogP contribution in [-0.4, -0.2) is 35.6 Å². The van der Waals surface area contributed by atoms with Crippen LogP contribution in [0.25, 0.3) is 22.2 Å². The smallest absolute Gasteiger partial charge is 0.444 e. The average molecular weight is 469 g/mol. The Hall–Kier alpha value is -3.41. The second kappa shape index (κ2) is 8.26. The molecule has 0 aliphatic carbocycles. The van der Waals surface area contributed by atoms with E-state index in [2.05, 4.69) is 19.5 Å². The van der Waals surface area contributed by atoms with Crippen molar-refractivity contribution in [3.05, 3.63) is 48.7 Å². The molecule has 1 N–H and O–H groups in total. The number of amides is 1. The number of hydrogen-bond acceptors (Lipinski definition) is 7. The number of carbonyl (C=O) groups is 1. The van der Waals surface area contributed by atoms with Crippen molar-refractivity contribution in [2.45, 2.75) is 31.9 Å². The summed E-state index contributed by atoms with van der Waals surface area (Å²) in [4.78, 5) is 20.4. The van der Waals surface area contributed by atoms with Gasteiger partial charge in [0.15, 0.2) is 0 Å². The topological polar surface area (TPSA) is 107 Å². The molecular weight excluding hydrogens is 451 g/mol. The Morgan fingerprint density at radius 2 is 1.75 bits per heavy atom. The molecule has 1 aromatic carbocycles. The quantitative estimate of drug-likeness (QED) is 0.429. The summed E-state index contributed by atoms with van der Waals surface area (Å²) in [5.41, 5.74) is -4.73. The summed E-state index contributed by atoms with van der Waals surface area (Å²) in [6.45, 7) is 5.18. The normalized spacial score (nSPS) is 12.4. The van der Waals surface area contributed by atoms with Crippen LogP contribution in [0.15, 0.2) is 48.7 Å². The minimum absolute atomic E-state index is 0.236. The number of fused-ring (bicyclic) bond motifs is 1. The number of anilines is 1. The Kier molecular flexibility index (Phi) is 6.00. The highest BCUT2D eigenvalue weighted by molar-refractivity contribution is 7.88. The van der Waals surface area contributed by atoms with Crippen LogP contribution in [0.4, 0.5) is 23.8 Å². The highest BCUT2D eigenvalue weighted by Crippen LogP contribution is 2.29. The minimum Gasteiger partial charge on any atom is -0.444 e. The van der Waals surface area contributed by atoms with Crippen molar-refractivity contribution >= 4 is 32.9 Å². The molecule has 0 spiro atoms. The van der Waals surface area contributed by atoms with Gasteiger partial charge in [0.2, 0.25) is 0 Å². The number of halogens is 3. The monoisotopic (exact) mass is 469 g/mol. The van der Waals surface area contributed by atoms with Gasteiger partial charge in [0, 0.05) is 17.1 Å². The Morgan fingerprint density at radius 3 is 2.41 bits per heavy atom. The van der Waals surface area contributed by atoms with Crippen molar-refractivity contribution < 1.29 is 35.3 Å². The van der Waals surface area contributed by atoms with Gasteiger partial charge < -0.3 is 8.92 Å². The fraction of sp³-hybridized carbons (Fsp3) is 0.250. The van der Waals surface area contributed by atoms with Gasteiger partial charge in [-0.15, -0.1) is 0 Å². The third-order valence-corrected chi connectivity index (χ3v) is 4.81. The number of nitrogens with one attached hydrogen (secondary N) is 1. The van der Waals surface area contributed by atoms with Crippen LogP contribution in [0.3, 0.4) is 0 Å². The maximum Gasteiger partial charge on any atom is 0.534 e. The molecule has 3 rings (SSSR count). The van der Waals surface area contributed by atoms with E-state index < -0.39 is 33.1 Å². The standard InChI is InChI=1S/C20H18F3N3O5S/c1-19(2,3)30-18(27)26-17-11-13(8-9-24-17)15-6-4-12-10-14(5-7-16(12)25-15)31-32(28,29)20(21,22)23/h4-11H,1-3H3,(H,24,26,27). The van der Waals surface area contributed by atoms with Crippen molar-refractivity contribution in [1.29, 1.82) is 0 Å². The van der Waals surface area contributed by atoms with Gasteiger partial charge in [-0.1, -0.05) is 6.07 Å². The number of rotatable bonds is 4. The predicted molar refractivity (Wildman–Crippen MR) is 110 cm³/mol. The first-order chi connectivity index (χ1) is 14.7. The van der Waals surface area contributed by atoms with E-state index in [4.69, 9.17) is 4.74 Å². The molecule has 0 aliphatic heterocycles. The molecule has 0 atom stereocenters. The molecule has 32 heavy (non-hydrogen) atoms. The number of carbonyl (C=O) groups excluding carboxylic acids is 1. The minimum atomic E-state index is -5.77. The molecular formula is C20H18F3N3O5S. The molecule has 0 unspecified atom stereocenters. The van der Waals surface area contributed by atoms with Crippen LogP contribution < -0.4 is 9.50 Å². The highest BCUT2D eigenvalue weighted by atomic mass is 32.2. The van der Waals surface area contributed by atoms with E-state index in [0.717, 1.165) is 12.1 Å². The molecule has 170 valence electrons. The van der Waals surface area contributed by atoms with Gasteiger partial charge in [0.25, 0.3) is 0 Å². The lowest BCUT2D eigenvalue weighted by Gasteiger charge is -2.19. The van der Waals surface area contributed by atoms with Crippen LogP contribution in [-0.2, 0) is 14.9 Å². The molecule has 2 aromatic heterocycles. The van der Waals surface area contributed by atoms with E-state index in [1.807, 2.05) is 0 Å². The third kappa shape index (κ3) is 5.63. The Balaban J connectivity index is 1.84. The summed E-state index contributed by atoms with van der Waals surface area (Å²) in [6, 6.07) is 9.90. The lowest BCUT2D eigenvalue weighted by atomic mass is 10.1. The zero-order chi connectivity index (χ0) is 23.7. The molecule has 2 heterocycles. The van der Waals surface area contributed by atoms with E-state index >= 15 is 0 Å². The van der Waals surface area contributed by atoms with Gasteiger partial charge in [-0.05, 0) is 57.2 Å². The zero-order valence-corrected chi connectivity index (χ0v) is 17.9. The molecule has 0 fully saturated rings. The number of pyridine rings is 2. The summed E-state index contributed by atoms with van der Waals surface area (Å²) < 4.78 is 69.2. The van der Waals surface area contributed by atoms with Crippen LogP contribution >= 0.6 is 0 Å². The molecule has 0 saturated heterocycles. The van der Waals surface area contributed by atoms with Crippen molar-refractivity contribution in [3.63, 3.8) is 0 Å². The summed E-state index contributed by atoms with van der Waals surface area (Å²) in [5, 5.41) is 2.89. The van der Waals surface area contributed by atoms with Gasteiger partial charge in [0.1, 0.15) is 17.2 Å². The number of benzene rings is 1. The Morgan fingerprint density at radius 1 is 1.03 bits per heavy atom. The van der Waals surface area contributed by atoms with E-state index in [1.165, 1.54) is 12.3 Å². The average Bonchev–Trinajstić information content (AvgIpc) is 2.65. The molecule has 0 saturated carbocycles. The number of aromatic nitrogens is 2. The summed E-state index contributed by atoms with van der Waals surface area (Å²) >= 11 is 0. The van der Waals surface area contributed by atoms with E-state index in [9.17, 15) is 26.4 Å². The molecule has 0 aliphatic rings. The SMILES string of the molecule is CC(C)(C)OC(=O)Nc1cc(-c2ccc3cc(OS(=O)(=O)C(F)(F)F)ccc3n2)ccn1. The van der Waals surface area contributed by atoms with Crippen molar-refractivity contribution in [1.82, 2.24) is 9.97 Å². The number of ether oxygens (including phenoxy) is 1. The van der Waals surface area contributed by atoms with Gasteiger partial charge in [-0.25, -0.2) is 14.8 Å². The van der Waals surface area contributed by atoms with E-state index in [0.29, 0.717) is 22.2 Å². The maximum atomic E-state index is 12.5. The van der Waals surface area contributed by atoms with Crippen molar-refractivity contribution in [2.75, 3.05) is 5.32 Å². The fourth-order valence-corrected chi connectivity index (χ4v) is 3.01. The van der Waals surface area contributed by atoms with E-state index in [-0.39, 0.29) is 5.82 Å². The third-order valence-electron chi connectivity index (χ3n) is 3.83. The Bertz CT molecular complexity index is 1270. The van der Waals surface area contributed by atoms with Crippen LogP contribution in [0.2, 0.25) is 0 Å². The van der Waals surface area contributed by atoms with Gasteiger partial charge >= 0.3 is 21.7 Å². The van der Waals surface area contributed by atoms with Crippen LogP contribution in [0.1, 0.15) is 20.8 Å². The van der Waals surface area contributed by atoms with Gasteiger partial charge in [-0.2, -0.15) is 21.6 Å². The number of hydrogen-bond donors (Lipinski definition) is 1. The lowest BCUT2D eigenvalue weighted by Crippen LogP contribution is -2.28. The molecule has 8 nitrogen and oxygen atoms in total. The van der Waals surface area contributed by atoms with Crippen LogP contribution in [0.5, 0.6) is 5.75 Å². The second-order valence-corrected chi connectivity index (χ2v) is 9.13. The molecule has 12 heteroatoms. The first-order valence-corrected chi connectivity index (χ1v) is 10.5. The molecule has 0 radical (unpaired) electrons. The summed E-state index contributed by atoms with van der Waals surface area (Å²) in [6.07, 6.45) is 0.794. The van der Waals surface area contributed by atoms with Crippen molar-refractivity contribution in [3.8, 4) is 17.0 Å². The van der Waals surface area contributed by atoms with Gasteiger partial charge in [-0.3, -0.25) is 5.32 Å². The first-order valence-electron chi connectivity index (χ1n) is 9.11. The second-order valence-electron chi connectivity index (χ2n) is 7.59. The Labute approximate surface area is 181 Å². The fourth-order valence-electron chi connectivity index (χ4n) is 2.56. The largest absolute Gasteiger partial charge is 0.534 e. The first kappa shape index (κ1) is 23.3.